The molecular weight excluding hydrogens is 170 g/mol. The zero-order valence-electron chi connectivity index (χ0n) is 9.33. The average molecular weight is 189 g/mol. The number of anilines is 1. The van der Waals surface area contributed by atoms with Gasteiger partial charge >= 0.3 is 0 Å². The molecule has 0 amide bonds. The number of para-hydroxylation sites is 1. The van der Waals surface area contributed by atoms with E-state index in [1.807, 2.05) is 0 Å². The Kier molecular flexibility index (Phi) is 2.49. The molecule has 0 unspecified atom stereocenters. The third-order valence-electron chi connectivity index (χ3n) is 3.50. The van der Waals surface area contributed by atoms with Gasteiger partial charge in [-0.3, -0.25) is 0 Å². The van der Waals surface area contributed by atoms with E-state index in [2.05, 4.69) is 49.9 Å². The van der Waals surface area contributed by atoms with Crippen LogP contribution in [0.4, 0.5) is 5.69 Å². The second-order valence-electron chi connectivity index (χ2n) is 4.34. The SMILES string of the molecule is CCN1c2ccccc2C[C@@H](C)[C@H]1C. The van der Waals surface area contributed by atoms with E-state index in [1.165, 1.54) is 17.7 Å². The summed E-state index contributed by atoms with van der Waals surface area (Å²) in [6.07, 6.45) is 1.23. The summed E-state index contributed by atoms with van der Waals surface area (Å²) < 4.78 is 0. The minimum Gasteiger partial charge on any atom is -0.369 e. The highest BCUT2D eigenvalue weighted by Gasteiger charge is 2.26. The average Bonchev–Trinajstić information content (AvgIpc) is 2.20. The topological polar surface area (TPSA) is 3.24 Å². The Labute approximate surface area is 86.7 Å². The monoisotopic (exact) mass is 189 g/mol. The Balaban J connectivity index is 2.42. The predicted octanol–water partition coefficient (Wildman–Crippen LogP) is 3.09. The molecule has 0 fully saturated rings. The second kappa shape index (κ2) is 3.64. The van der Waals surface area contributed by atoms with E-state index in [0.29, 0.717) is 6.04 Å². The van der Waals surface area contributed by atoms with Gasteiger partial charge in [0.15, 0.2) is 0 Å². The largest absolute Gasteiger partial charge is 0.369 e. The molecule has 1 heteroatoms. The summed E-state index contributed by atoms with van der Waals surface area (Å²) in [6.45, 7) is 8.04. The Bertz CT molecular complexity index is 319. The normalized spacial score (nSPS) is 26.1. The summed E-state index contributed by atoms with van der Waals surface area (Å²) in [6, 6.07) is 9.48. The number of fused-ring (bicyclic) bond motifs is 1. The Morgan fingerprint density at radius 3 is 2.71 bits per heavy atom. The van der Waals surface area contributed by atoms with E-state index in [0.717, 1.165) is 12.5 Å². The molecule has 0 aromatic heterocycles. The number of hydrogen-bond acceptors (Lipinski definition) is 1. The maximum atomic E-state index is 2.52. The highest BCUT2D eigenvalue weighted by molar-refractivity contribution is 5.56. The van der Waals surface area contributed by atoms with Gasteiger partial charge in [-0.25, -0.2) is 0 Å². The van der Waals surface area contributed by atoms with Crippen molar-refractivity contribution in [2.45, 2.75) is 33.2 Å². The maximum absolute atomic E-state index is 2.52. The molecule has 1 aromatic carbocycles. The molecule has 0 bridgehead atoms. The molecule has 0 N–H and O–H groups in total. The number of rotatable bonds is 1. The lowest BCUT2D eigenvalue weighted by molar-refractivity contribution is 0.431. The molecule has 0 aliphatic carbocycles. The van der Waals surface area contributed by atoms with Crippen molar-refractivity contribution in [2.75, 3.05) is 11.4 Å². The van der Waals surface area contributed by atoms with E-state index in [9.17, 15) is 0 Å². The van der Waals surface area contributed by atoms with Crippen LogP contribution in [0.25, 0.3) is 0 Å². The summed E-state index contributed by atoms with van der Waals surface area (Å²) in [5, 5.41) is 0. The fourth-order valence-electron chi connectivity index (χ4n) is 2.47. The van der Waals surface area contributed by atoms with E-state index in [-0.39, 0.29) is 0 Å². The minimum atomic E-state index is 0.676. The highest BCUT2D eigenvalue weighted by atomic mass is 15.2. The van der Waals surface area contributed by atoms with Crippen LogP contribution in [-0.2, 0) is 6.42 Å². The molecular formula is C13H19N. The van der Waals surface area contributed by atoms with Crippen molar-refractivity contribution in [1.29, 1.82) is 0 Å². The van der Waals surface area contributed by atoms with Crippen molar-refractivity contribution >= 4 is 5.69 Å². The number of benzene rings is 1. The first-order chi connectivity index (χ1) is 6.74. The van der Waals surface area contributed by atoms with E-state index in [4.69, 9.17) is 0 Å². The van der Waals surface area contributed by atoms with Crippen LogP contribution in [-0.4, -0.2) is 12.6 Å². The van der Waals surface area contributed by atoms with Crippen LogP contribution in [0.5, 0.6) is 0 Å². The van der Waals surface area contributed by atoms with Gasteiger partial charge in [-0.05, 0) is 37.8 Å². The fraction of sp³-hybridized carbons (Fsp3) is 0.538. The summed E-state index contributed by atoms with van der Waals surface area (Å²) in [7, 11) is 0. The molecule has 2 atom stereocenters. The fourth-order valence-corrected chi connectivity index (χ4v) is 2.47. The van der Waals surface area contributed by atoms with Gasteiger partial charge in [0.2, 0.25) is 0 Å². The van der Waals surface area contributed by atoms with Crippen LogP contribution in [0.3, 0.4) is 0 Å². The van der Waals surface area contributed by atoms with Crippen LogP contribution in [0.2, 0.25) is 0 Å². The molecule has 2 rings (SSSR count). The smallest absolute Gasteiger partial charge is 0.0401 e. The third-order valence-corrected chi connectivity index (χ3v) is 3.50. The van der Waals surface area contributed by atoms with Crippen LogP contribution in [0, 0.1) is 5.92 Å². The summed E-state index contributed by atoms with van der Waals surface area (Å²) in [5.74, 6) is 0.768. The van der Waals surface area contributed by atoms with Crippen molar-refractivity contribution in [2.24, 2.45) is 5.92 Å². The zero-order valence-corrected chi connectivity index (χ0v) is 9.33. The zero-order chi connectivity index (χ0) is 10.1. The molecule has 1 aromatic rings. The lowest BCUT2D eigenvalue weighted by atomic mass is 9.88. The van der Waals surface area contributed by atoms with Gasteiger partial charge < -0.3 is 4.90 Å². The molecule has 1 nitrogen and oxygen atoms in total. The predicted molar refractivity (Wildman–Crippen MR) is 61.8 cm³/mol. The molecule has 1 heterocycles. The molecule has 1 aliphatic heterocycles. The molecule has 14 heavy (non-hydrogen) atoms. The Hall–Kier alpha value is -0.980. The third kappa shape index (κ3) is 1.41. The van der Waals surface area contributed by atoms with Crippen molar-refractivity contribution in [1.82, 2.24) is 0 Å². The number of nitrogens with zero attached hydrogens (tertiary/aromatic N) is 1. The van der Waals surface area contributed by atoms with Crippen molar-refractivity contribution in [3.05, 3.63) is 29.8 Å². The van der Waals surface area contributed by atoms with Gasteiger partial charge in [0.05, 0.1) is 0 Å². The summed E-state index contributed by atoms with van der Waals surface area (Å²) in [4.78, 5) is 2.52. The standard InChI is InChI=1S/C13H19N/c1-4-14-11(3)10(2)9-12-7-5-6-8-13(12)14/h5-8,10-11H,4,9H2,1-3H3/t10-,11-/m1/s1. The van der Waals surface area contributed by atoms with Crippen LogP contribution >= 0.6 is 0 Å². The molecule has 0 saturated carbocycles. The lowest BCUT2D eigenvalue weighted by Gasteiger charge is -2.40. The first-order valence-electron chi connectivity index (χ1n) is 5.58. The molecule has 1 aliphatic rings. The molecule has 0 spiro atoms. The Morgan fingerprint density at radius 1 is 1.29 bits per heavy atom. The lowest BCUT2D eigenvalue weighted by Crippen LogP contribution is -2.42. The maximum Gasteiger partial charge on any atom is 0.0401 e. The quantitative estimate of drug-likeness (QED) is 0.656. The van der Waals surface area contributed by atoms with E-state index < -0.39 is 0 Å². The van der Waals surface area contributed by atoms with Gasteiger partial charge in [-0.15, -0.1) is 0 Å². The number of hydrogen-bond donors (Lipinski definition) is 0. The van der Waals surface area contributed by atoms with Gasteiger partial charge in [0.1, 0.15) is 0 Å². The van der Waals surface area contributed by atoms with E-state index >= 15 is 0 Å². The van der Waals surface area contributed by atoms with Crippen LogP contribution in [0.15, 0.2) is 24.3 Å². The van der Waals surface area contributed by atoms with Crippen molar-refractivity contribution in [3.63, 3.8) is 0 Å². The Morgan fingerprint density at radius 2 is 2.00 bits per heavy atom. The van der Waals surface area contributed by atoms with Crippen molar-refractivity contribution in [3.8, 4) is 0 Å². The highest BCUT2D eigenvalue weighted by Crippen LogP contribution is 2.32. The van der Waals surface area contributed by atoms with Crippen LogP contribution < -0.4 is 4.90 Å². The van der Waals surface area contributed by atoms with Crippen LogP contribution in [0.1, 0.15) is 26.3 Å². The van der Waals surface area contributed by atoms with Crippen molar-refractivity contribution < 1.29 is 0 Å². The molecule has 0 saturated heterocycles. The minimum absolute atomic E-state index is 0.676. The molecule has 0 radical (unpaired) electrons. The van der Waals surface area contributed by atoms with Gasteiger partial charge in [0, 0.05) is 18.3 Å². The first-order valence-corrected chi connectivity index (χ1v) is 5.58. The second-order valence-corrected chi connectivity index (χ2v) is 4.34. The summed E-state index contributed by atoms with van der Waals surface area (Å²) >= 11 is 0. The first kappa shape index (κ1) is 9.57. The summed E-state index contributed by atoms with van der Waals surface area (Å²) in [5.41, 5.74) is 2.96. The van der Waals surface area contributed by atoms with E-state index in [1.54, 1.807) is 0 Å². The van der Waals surface area contributed by atoms with Gasteiger partial charge in [-0.1, -0.05) is 25.1 Å². The van der Waals surface area contributed by atoms with Gasteiger partial charge in [0.25, 0.3) is 0 Å². The molecule has 76 valence electrons. The van der Waals surface area contributed by atoms with Gasteiger partial charge in [-0.2, -0.15) is 0 Å².